The normalized spacial score (nSPS) is 10.6. The summed E-state index contributed by atoms with van der Waals surface area (Å²) >= 11 is 1.23. The first-order chi connectivity index (χ1) is 14.1. The first-order valence-electron chi connectivity index (χ1n) is 9.25. The Morgan fingerprint density at radius 1 is 1.14 bits per heavy atom. The predicted octanol–water partition coefficient (Wildman–Crippen LogP) is 3.08. The van der Waals surface area contributed by atoms with E-state index in [9.17, 15) is 9.59 Å². The van der Waals surface area contributed by atoms with E-state index in [-0.39, 0.29) is 17.6 Å². The summed E-state index contributed by atoms with van der Waals surface area (Å²) < 4.78 is 0. The lowest BCUT2D eigenvalue weighted by Crippen LogP contribution is -2.30. The molecule has 0 bridgehead atoms. The van der Waals surface area contributed by atoms with Crippen LogP contribution in [0.4, 0.5) is 5.69 Å². The molecule has 3 aromatic rings. The number of thioether (sulfide) groups is 1. The first-order valence-corrected chi connectivity index (χ1v) is 10.2. The van der Waals surface area contributed by atoms with Crippen molar-refractivity contribution in [3.8, 4) is 11.4 Å². The third-order valence-electron chi connectivity index (χ3n) is 4.19. The highest BCUT2D eigenvalue weighted by atomic mass is 32.2. The maximum atomic E-state index is 12.5. The van der Waals surface area contributed by atoms with Gasteiger partial charge in [0.15, 0.2) is 5.82 Å². The van der Waals surface area contributed by atoms with Crippen LogP contribution in [0.5, 0.6) is 0 Å². The van der Waals surface area contributed by atoms with Gasteiger partial charge >= 0.3 is 0 Å². The van der Waals surface area contributed by atoms with Gasteiger partial charge in [0, 0.05) is 42.3 Å². The van der Waals surface area contributed by atoms with Crippen LogP contribution in [0, 0.1) is 0 Å². The predicted molar refractivity (Wildman–Crippen MR) is 113 cm³/mol. The molecule has 0 fully saturated rings. The van der Waals surface area contributed by atoms with E-state index in [4.69, 9.17) is 0 Å². The summed E-state index contributed by atoms with van der Waals surface area (Å²) in [6.45, 7) is 5.16. The highest BCUT2D eigenvalue weighted by Crippen LogP contribution is 2.19. The van der Waals surface area contributed by atoms with Crippen LogP contribution in [-0.2, 0) is 4.79 Å². The molecule has 150 valence electrons. The number of carbonyl (C=O) groups is 2. The largest absolute Gasteiger partial charge is 0.339 e. The maximum absolute atomic E-state index is 12.5. The van der Waals surface area contributed by atoms with E-state index >= 15 is 0 Å². The van der Waals surface area contributed by atoms with E-state index in [0.29, 0.717) is 35.3 Å². The minimum Gasteiger partial charge on any atom is -0.339 e. The molecule has 9 heteroatoms. The molecule has 0 aliphatic carbocycles. The molecular weight excluding hydrogens is 388 g/mol. The summed E-state index contributed by atoms with van der Waals surface area (Å²) in [6.07, 6.45) is 3.36. The Hall–Kier alpha value is -3.20. The van der Waals surface area contributed by atoms with E-state index in [0.717, 1.165) is 5.56 Å². The molecule has 0 saturated heterocycles. The van der Waals surface area contributed by atoms with Gasteiger partial charge in [-0.1, -0.05) is 17.8 Å². The number of aromatic amines is 1. The summed E-state index contributed by atoms with van der Waals surface area (Å²) in [5, 5.41) is 10.3. The van der Waals surface area contributed by atoms with Crippen molar-refractivity contribution in [2.24, 2.45) is 0 Å². The first kappa shape index (κ1) is 20.5. The molecule has 2 heterocycles. The van der Waals surface area contributed by atoms with Crippen LogP contribution in [0.2, 0.25) is 0 Å². The molecule has 0 unspecified atom stereocenters. The van der Waals surface area contributed by atoms with Crippen molar-refractivity contribution in [1.29, 1.82) is 0 Å². The number of H-pyrrole nitrogens is 1. The van der Waals surface area contributed by atoms with Crippen LogP contribution < -0.4 is 5.32 Å². The summed E-state index contributed by atoms with van der Waals surface area (Å²) in [5.41, 5.74) is 2.01. The highest BCUT2D eigenvalue weighted by molar-refractivity contribution is 7.99. The number of pyridine rings is 1. The Morgan fingerprint density at radius 3 is 2.62 bits per heavy atom. The summed E-state index contributed by atoms with van der Waals surface area (Å²) in [6, 6.07) is 10.6. The molecular formula is C20H22N6O2S. The zero-order valence-electron chi connectivity index (χ0n) is 16.3. The van der Waals surface area contributed by atoms with E-state index in [1.165, 1.54) is 11.8 Å². The monoisotopic (exact) mass is 410 g/mol. The molecule has 0 atom stereocenters. The molecule has 1 aromatic carbocycles. The molecule has 3 rings (SSSR count). The molecule has 29 heavy (non-hydrogen) atoms. The van der Waals surface area contributed by atoms with Gasteiger partial charge in [0.25, 0.3) is 5.91 Å². The molecule has 2 amide bonds. The zero-order chi connectivity index (χ0) is 20.6. The number of nitrogens with zero attached hydrogens (tertiary/aromatic N) is 4. The van der Waals surface area contributed by atoms with Crippen molar-refractivity contribution in [3.05, 3.63) is 54.4 Å². The third-order valence-corrected chi connectivity index (χ3v) is 5.04. The quantitative estimate of drug-likeness (QED) is 0.553. The van der Waals surface area contributed by atoms with E-state index in [2.05, 4.69) is 25.5 Å². The Bertz CT molecular complexity index is 972. The third kappa shape index (κ3) is 5.41. The highest BCUT2D eigenvalue weighted by Gasteiger charge is 2.14. The second-order valence-corrected chi connectivity index (χ2v) is 7.04. The van der Waals surface area contributed by atoms with Gasteiger partial charge in [-0.05, 0) is 44.2 Å². The summed E-state index contributed by atoms with van der Waals surface area (Å²) in [4.78, 5) is 34.8. The average Bonchev–Trinajstić information content (AvgIpc) is 3.23. The number of hydrogen-bond donors (Lipinski definition) is 2. The summed E-state index contributed by atoms with van der Waals surface area (Å²) in [7, 11) is 0. The van der Waals surface area contributed by atoms with Gasteiger partial charge < -0.3 is 10.2 Å². The van der Waals surface area contributed by atoms with Gasteiger partial charge in [-0.15, -0.1) is 5.10 Å². The average molecular weight is 411 g/mol. The van der Waals surface area contributed by atoms with Crippen molar-refractivity contribution < 1.29 is 9.59 Å². The Morgan fingerprint density at radius 2 is 1.90 bits per heavy atom. The number of amides is 2. The molecule has 2 N–H and O–H groups in total. The Labute approximate surface area is 173 Å². The number of rotatable bonds is 8. The molecule has 0 aliphatic rings. The fourth-order valence-electron chi connectivity index (χ4n) is 2.70. The summed E-state index contributed by atoms with van der Waals surface area (Å²) in [5.74, 6) is 0.530. The lowest BCUT2D eigenvalue weighted by atomic mass is 10.1. The van der Waals surface area contributed by atoms with Crippen LogP contribution in [0.1, 0.15) is 24.2 Å². The van der Waals surface area contributed by atoms with Gasteiger partial charge in [-0.3, -0.25) is 19.7 Å². The van der Waals surface area contributed by atoms with Crippen molar-refractivity contribution in [3.63, 3.8) is 0 Å². The minimum atomic E-state index is -0.197. The molecule has 0 saturated carbocycles. The van der Waals surface area contributed by atoms with Crippen molar-refractivity contribution in [2.75, 3.05) is 24.2 Å². The lowest BCUT2D eigenvalue weighted by Gasteiger charge is -2.19. The second kappa shape index (κ2) is 9.83. The minimum absolute atomic E-state index is 0.0511. The SMILES string of the molecule is CCN(CC)C(=O)c1cccc(NC(=O)CSc2n[nH]c(-c3ccncc3)n2)c1. The van der Waals surface area contributed by atoms with Gasteiger partial charge in [-0.2, -0.15) is 0 Å². The standard InChI is InChI=1S/C20H22N6O2S/c1-3-26(4-2)19(28)15-6-5-7-16(12-15)22-17(27)13-29-20-23-18(24-25-20)14-8-10-21-11-9-14/h5-12H,3-4,13H2,1-2H3,(H,22,27)(H,23,24,25). The van der Waals surface area contributed by atoms with E-state index < -0.39 is 0 Å². The van der Waals surface area contributed by atoms with Crippen LogP contribution in [-0.4, -0.2) is 55.7 Å². The number of nitrogens with one attached hydrogen (secondary N) is 2. The maximum Gasteiger partial charge on any atom is 0.253 e. The van der Waals surface area contributed by atoms with Gasteiger partial charge in [0.05, 0.1) is 5.75 Å². The van der Waals surface area contributed by atoms with Gasteiger partial charge in [0.1, 0.15) is 0 Å². The van der Waals surface area contributed by atoms with E-state index in [1.54, 1.807) is 41.6 Å². The van der Waals surface area contributed by atoms with Gasteiger partial charge in [0.2, 0.25) is 11.1 Å². The van der Waals surface area contributed by atoms with Crippen molar-refractivity contribution in [2.45, 2.75) is 19.0 Å². The Kier molecular flexibility index (Phi) is 6.96. The molecule has 8 nitrogen and oxygen atoms in total. The fraction of sp³-hybridized carbons (Fsp3) is 0.250. The topological polar surface area (TPSA) is 104 Å². The number of aromatic nitrogens is 4. The van der Waals surface area contributed by atoms with Crippen LogP contribution in [0.25, 0.3) is 11.4 Å². The second-order valence-electron chi connectivity index (χ2n) is 6.10. The van der Waals surface area contributed by atoms with Crippen molar-refractivity contribution in [1.82, 2.24) is 25.1 Å². The Balaban J connectivity index is 1.57. The van der Waals surface area contributed by atoms with Gasteiger partial charge in [-0.25, -0.2) is 4.98 Å². The number of anilines is 1. The molecule has 0 radical (unpaired) electrons. The number of benzene rings is 1. The van der Waals surface area contributed by atoms with Crippen LogP contribution >= 0.6 is 11.8 Å². The number of hydrogen-bond acceptors (Lipinski definition) is 6. The number of carbonyl (C=O) groups excluding carboxylic acids is 2. The van der Waals surface area contributed by atoms with E-state index in [1.807, 2.05) is 26.0 Å². The molecule has 0 spiro atoms. The fourth-order valence-corrected chi connectivity index (χ4v) is 3.30. The van der Waals surface area contributed by atoms with Crippen molar-refractivity contribution >= 4 is 29.3 Å². The molecule has 0 aliphatic heterocycles. The lowest BCUT2D eigenvalue weighted by molar-refractivity contribution is -0.113. The zero-order valence-corrected chi connectivity index (χ0v) is 17.1. The smallest absolute Gasteiger partial charge is 0.253 e. The van der Waals surface area contributed by atoms with Crippen LogP contribution in [0.15, 0.2) is 53.9 Å². The van der Waals surface area contributed by atoms with Crippen LogP contribution in [0.3, 0.4) is 0 Å². The molecule has 2 aromatic heterocycles.